The molecule has 15 nitrogen and oxygen atoms in total. The molecule has 3 saturated carbocycles. The largest absolute Gasteiger partial charge is 0.342 e. The van der Waals surface area contributed by atoms with Gasteiger partial charge in [-0.2, -0.15) is 0 Å². The molecule has 15 rings (SSSR count). The van der Waals surface area contributed by atoms with Gasteiger partial charge in [0.15, 0.2) is 0 Å². The molecular weight excluding hydrogens is 1220 g/mol. The Morgan fingerprint density at radius 3 is 0.897 bits per heavy atom. The van der Waals surface area contributed by atoms with Crippen molar-refractivity contribution in [1.29, 1.82) is 0 Å². The molecule has 6 aliphatic rings. The van der Waals surface area contributed by atoms with Gasteiger partial charge in [-0.25, -0.2) is 29.9 Å². The van der Waals surface area contributed by atoms with E-state index in [9.17, 15) is 0 Å². The lowest BCUT2D eigenvalue weighted by Crippen LogP contribution is -2.47. The summed E-state index contributed by atoms with van der Waals surface area (Å²) in [4.78, 5) is 36.0. The maximum atomic E-state index is 6.52. The summed E-state index contributed by atoms with van der Waals surface area (Å²) in [6.45, 7) is 11.9. The topological polar surface area (TPSA) is 178 Å². The van der Waals surface area contributed by atoms with Gasteiger partial charge in [0.25, 0.3) is 0 Å². The predicted molar refractivity (Wildman–Crippen MR) is 357 cm³/mol. The first kappa shape index (κ1) is 60.5. The highest BCUT2D eigenvalue weighted by atomic mass is 35.5. The predicted octanol–water partition coefficient (Wildman–Crippen LogP) is 15.3. The Morgan fingerprint density at radius 2 is 0.655 bits per heavy atom. The van der Waals surface area contributed by atoms with Crippen molar-refractivity contribution in [3.63, 3.8) is 0 Å². The van der Waals surface area contributed by atoms with Crippen molar-refractivity contribution in [2.24, 2.45) is 33.4 Å². The molecule has 9 aromatic rings. The van der Waals surface area contributed by atoms with Crippen LogP contribution in [0.1, 0.15) is 113 Å². The molecule has 0 amide bonds. The highest BCUT2D eigenvalue weighted by Gasteiger charge is 2.46. The number of benzene rings is 3. The van der Waals surface area contributed by atoms with Crippen molar-refractivity contribution in [2.75, 3.05) is 54.0 Å². The minimum absolute atomic E-state index is 0.327. The summed E-state index contributed by atoms with van der Waals surface area (Å²) in [5, 5.41) is 3.20. The fourth-order valence-corrected chi connectivity index (χ4v) is 16.9. The van der Waals surface area contributed by atoms with Gasteiger partial charge in [-0.3, -0.25) is 13.2 Å². The number of fused-ring (bicyclic) bond motifs is 3. The number of halogens is 6. The van der Waals surface area contributed by atoms with Crippen LogP contribution in [0, 0.1) is 37.0 Å². The second-order valence-electron chi connectivity index (χ2n) is 25.3. The fourth-order valence-electron chi connectivity index (χ4n) is 15.7. The van der Waals surface area contributed by atoms with E-state index in [2.05, 4.69) is 42.9 Å². The summed E-state index contributed by atoms with van der Waals surface area (Å²) in [5.41, 5.74) is 31.0. The molecule has 9 heterocycles. The Kier molecular flexibility index (Phi) is 16.9. The summed E-state index contributed by atoms with van der Waals surface area (Å²) in [6.07, 6.45) is 29.3. The number of imidazole rings is 3. The summed E-state index contributed by atoms with van der Waals surface area (Å²) >= 11 is 38.4. The van der Waals surface area contributed by atoms with Gasteiger partial charge in [-0.15, -0.1) is 0 Å². The third kappa shape index (κ3) is 10.9. The van der Waals surface area contributed by atoms with E-state index < -0.39 is 0 Å². The Bertz CT molecular complexity index is 3610. The first-order valence-electron chi connectivity index (χ1n) is 30.9. The Balaban J connectivity index is 0.000000121. The van der Waals surface area contributed by atoms with Gasteiger partial charge >= 0.3 is 0 Å². The van der Waals surface area contributed by atoms with E-state index in [0.29, 0.717) is 64.5 Å². The van der Waals surface area contributed by atoms with Gasteiger partial charge in [0.2, 0.25) is 17.8 Å². The van der Waals surface area contributed by atoms with Crippen molar-refractivity contribution in [3.05, 3.63) is 139 Å². The average molecular weight is 1290 g/mol. The SMILES string of the molecule is Cc1nc(N2CCC3(CCC[C@H]3N)CC2)n2ccnc2c1-c1cccc(Cl)c1Cl.Cc1nc(N2CCC3(CCC[C@H]3N)CC2)n2ccnc2c1-c1cccc(Cl)c1Cl.Cc1nc(N2CCC3(CCC[C@H]3N)CC2)n2ccnc2c1-c1cccc(Cl)c1Cl. The lowest BCUT2D eigenvalue weighted by atomic mass is 9.74. The van der Waals surface area contributed by atoms with Crippen molar-refractivity contribution in [2.45, 2.75) is 135 Å². The van der Waals surface area contributed by atoms with Gasteiger partial charge < -0.3 is 31.9 Å². The molecule has 3 aliphatic carbocycles. The number of nitrogens with zero attached hydrogens (tertiary/aromatic N) is 12. The monoisotopic (exact) mass is 1290 g/mol. The molecule has 6 N–H and O–H groups in total. The smallest absolute Gasteiger partial charge is 0.211 e. The van der Waals surface area contributed by atoms with Gasteiger partial charge in [-0.1, -0.05) is 125 Å². The number of hydrogen-bond donors (Lipinski definition) is 3. The first-order chi connectivity index (χ1) is 42.0. The molecule has 3 saturated heterocycles. The lowest BCUT2D eigenvalue weighted by molar-refractivity contribution is 0.197. The molecular formula is C66H75Cl6N15. The first-order valence-corrected chi connectivity index (χ1v) is 33.1. The number of nitrogens with two attached hydrogens (primary N) is 3. The Hall–Kier alpha value is -5.46. The number of piperidine rings is 3. The zero-order valence-corrected chi connectivity index (χ0v) is 54.1. The Morgan fingerprint density at radius 1 is 0.391 bits per heavy atom. The summed E-state index contributed by atoms with van der Waals surface area (Å²) in [6, 6.07) is 18.1. The van der Waals surface area contributed by atoms with Crippen LogP contribution < -0.4 is 31.9 Å². The molecule has 6 aromatic heterocycles. The fraction of sp³-hybridized carbons (Fsp3) is 0.455. The van der Waals surface area contributed by atoms with Crippen LogP contribution in [-0.4, -0.2) is 101 Å². The average Bonchev–Trinajstić information content (AvgIpc) is 2.51. The van der Waals surface area contributed by atoms with Crippen LogP contribution in [0.4, 0.5) is 17.8 Å². The van der Waals surface area contributed by atoms with Gasteiger partial charge in [0.1, 0.15) is 16.9 Å². The maximum Gasteiger partial charge on any atom is 0.211 e. The zero-order chi connectivity index (χ0) is 60.5. The summed E-state index contributed by atoms with van der Waals surface area (Å²) in [7, 11) is 0. The van der Waals surface area contributed by atoms with Crippen molar-refractivity contribution < 1.29 is 0 Å². The molecule has 0 radical (unpaired) electrons. The van der Waals surface area contributed by atoms with Crippen LogP contribution in [0.15, 0.2) is 91.8 Å². The Labute approximate surface area is 538 Å². The van der Waals surface area contributed by atoms with Crippen LogP contribution in [0.25, 0.3) is 50.3 Å². The quantitative estimate of drug-likeness (QED) is 0.144. The van der Waals surface area contributed by atoms with E-state index in [0.717, 1.165) is 182 Å². The summed E-state index contributed by atoms with van der Waals surface area (Å²) < 4.78 is 6.23. The molecule has 6 fully saturated rings. The molecule has 0 bridgehead atoms. The molecule has 456 valence electrons. The van der Waals surface area contributed by atoms with Crippen LogP contribution in [-0.2, 0) is 0 Å². The molecule has 3 spiro atoms. The molecule has 3 atom stereocenters. The molecule has 87 heavy (non-hydrogen) atoms. The van der Waals surface area contributed by atoms with Gasteiger partial charge in [0.05, 0.1) is 47.2 Å². The zero-order valence-electron chi connectivity index (χ0n) is 49.6. The lowest BCUT2D eigenvalue weighted by Gasteiger charge is -2.42. The minimum atomic E-state index is 0.327. The van der Waals surface area contributed by atoms with E-state index in [-0.39, 0.29) is 0 Å². The highest BCUT2D eigenvalue weighted by molar-refractivity contribution is 6.45. The minimum Gasteiger partial charge on any atom is -0.342 e. The number of rotatable bonds is 6. The summed E-state index contributed by atoms with van der Waals surface area (Å²) in [5.74, 6) is 2.83. The molecule has 3 aliphatic heterocycles. The van der Waals surface area contributed by atoms with E-state index >= 15 is 0 Å². The number of hydrogen-bond acceptors (Lipinski definition) is 12. The standard InChI is InChI=1S/3C22H25Cl2N5/c3*1-14-18(15-4-2-5-16(23)19(15)24)20-26-10-13-29(20)21(27-14)28-11-8-22(9-12-28)7-3-6-17(22)25/h3*2,4-5,10,13,17H,3,6-9,11-12,25H2,1H3/t3*17-/m111/s1. The van der Waals surface area contributed by atoms with Crippen LogP contribution >= 0.6 is 69.6 Å². The van der Waals surface area contributed by atoms with Crippen molar-refractivity contribution >= 4 is 104 Å². The number of anilines is 3. The highest BCUT2D eigenvalue weighted by Crippen LogP contribution is 2.50. The molecule has 21 heteroatoms. The second kappa shape index (κ2) is 24.4. The maximum absolute atomic E-state index is 6.52. The second-order valence-corrected chi connectivity index (χ2v) is 27.7. The van der Waals surface area contributed by atoms with Crippen molar-refractivity contribution in [1.82, 2.24) is 43.1 Å². The van der Waals surface area contributed by atoms with Gasteiger partial charge in [0, 0.05) is 128 Å². The van der Waals surface area contributed by atoms with Crippen LogP contribution in [0.3, 0.4) is 0 Å². The van der Waals surface area contributed by atoms with E-state index in [1.807, 2.05) is 94.4 Å². The number of aromatic nitrogens is 9. The van der Waals surface area contributed by atoms with Gasteiger partial charge in [-0.05, 0) is 132 Å². The van der Waals surface area contributed by atoms with Crippen LogP contribution in [0.5, 0.6) is 0 Å². The van der Waals surface area contributed by atoms with Crippen LogP contribution in [0.2, 0.25) is 30.1 Å². The third-order valence-electron chi connectivity index (χ3n) is 20.8. The molecule has 3 aromatic carbocycles. The van der Waals surface area contributed by atoms with Crippen molar-refractivity contribution in [3.8, 4) is 33.4 Å². The van der Waals surface area contributed by atoms with E-state index in [1.54, 1.807) is 18.2 Å². The van der Waals surface area contributed by atoms with E-state index in [1.165, 1.54) is 38.5 Å². The third-order valence-corrected chi connectivity index (χ3v) is 23.3. The van der Waals surface area contributed by atoms with E-state index in [4.69, 9.17) is 102 Å². The number of aryl methyl sites for hydroxylation is 3. The normalized spacial score (nSPS) is 21.4. The molecule has 0 unspecified atom stereocenters.